The lowest BCUT2D eigenvalue weighted by atomic mass is 10.4. The van der Waals surface area contributed by atoms with Gasteiger partial charge in [0.05, 0.1) is 25.6 Å². The Labute approximate surface area is 59.5 Å². The van der Waals surface area contributed by atoms with Gasteiger partial charge >= 0.3 is 0 Å². The maximum absolute atomic E-state index is 5.13. The molecule has 46 valence electrons. The summed E-state index contributed by atoms with van der Waals surface area (Å²) >= 11 is 8.55. The van der Waals surface area contributed by atoms with E-state index in [1.165, 1.54) is 0 Å². The zero-order valence-corrected chi connectivity index (χ0v) is 6.11. The number of thiol groups is 2. The molecule has 2 rings (SSSR count). The van der Waals surface area contributed by atoms with Gasteiger partial charge in [0.15, 0.2) is 12.1 Å². The summed E-state index contributed by atoms with van der Waals surface area (Å²) in [4.78, 5) is 0. The van der Waals surface area contributed by atoms with E-state index in [1.54, 1.807) is 0 Å². The van der Waals surface area contributed by atoms with Gasteiger partial charge in [0, 0.05) is 0 Å². The first-order valence-electron chi connectivity index (χ1n) is 2.64. The van der Waals surface area contributed by atoms with Crippen molar-refractivity contribution >= 4 is 25.6 Å². The van der Waals surface area contributed by atoms with Crippen LogP contribution in [-0.4, -0.2) is 28.6 Å². The topological polar surface area (TPSA) is 9.23 Å². The lowest BCUT2D eigenvalue weighted by Gasteiger charge is -2.04. The zero-order valence-electron chi connectivity index (χ0n) is 4.32. The number of quaternary nitrogens is 1. The van der Waals surface area contributed by atoms with Crippen molar-refractivity contribution in [2.45, 2.75) is 12.1 Å². The lowest BCUT2D eigenvalue weighted by molar-refractivity contribution is -0.518. The minimum atomic E-state index is 0.571. The van der Waals surface area contributed by atoms with Gasteiger partial charge in [0.25, 0.3) is 0 Å². The first-order chi connectivity index (χ1) is 3.73. The van der Waals surface area contributed by atoms with Crippen LogP contribution < -0.4 is 0 Å². The van der Waals surface area contributed by atoms with Crippen LogP contribution in [0, 0.1) is 0 Å². The Balaban J connectivity index is 2.13. The van der Waals surface area contributed by atoms with Crippen molar-refractivity contribution in [3.8, 4) is 0 Å². The normalized spacial score (nSPS) is 48.8. The van der Waals surface area contributed by atoms with Gasteiger partial charge in [-0.3, -0.25) is 0 Å². The summed E-state index contributed by atoms with van der Waals surface area (Å²) in [5, 5.41) is 0. The van der Waals surface area contributed by atoms with E-state index in [2.05, 4.69) is 25.6 Å². The molecule has 0 aromatic rings. The van der Waals surface area contributed by atoms with Gasteiger partial charge in [-0.2, -0.15) is 3.29 Å². The Bertz CT molecular complexity index is 115. The smallest absolute Gasteiger partial charge is 0.190 e. The van der Waals surface area contributed by atoms with Crippen molar-refractivity contribution in [3.05, 3.63) is 0 Å². The molecular formula is C4H8NOS2+. The molecule has 0 bridgehead atoms. The number of ether oxygens (including phenoxy) is 1. The van der Waals surface area contributed by atoms with Crippen molar-refractivity contribution in [1.29, 1.82) is 0 Å². The number of morpholine rings is 1. The number of hydrogen-bond acceptors (Lipinski definition) is 3. The maximum Gasteiger partial charge on any atom is 0.190 e. The summed E-state index contributed by atoms with van der Waals surface area (Å²) < 4.78 is 5.73. The highest BCUT2D eigenvalue weighted by molar-refractivity contribution is 7.87. The van der Waals surface area contributed by atoms with E-state index in [0.29, 0.717) is 15.4 Å². The van der Waals surface area contributed by atoms with Gasteiger partial charge in [-0.25, -0.2) is 0 Å². The van der Waals surface area contributed by atoms with Gasteiger partial charge in [0.1, 0.15) is 13.2 Å². The second kappa shape index (κ2) is 1.37. The van der Waals surface area contributed by atoms with E-state index in [0.717, 1.165) is 13.2 Å². The molecule has 2 fully saturated rings. The molecule has 2 nitrogen and oxygen atoms in total. The standard InChI is InChI=1S/C4H8NOS2/c7-5(8)3-1-6-2-4(3)5/h3-4,7-8H,1-2H2/q+1. The van der Waals surface area contributed by atoms with Gasteiger partial charge < -0.3 is 4.74 Å². The van der Waals surface area contributed by atoms with Crippen LogP contribution >= 0.6 is 25.6 Å². The lowest BCUT2D eigenvalue weighted by Crippen LogP contribution is -2.13. The summed E-state index contributed by atoms with van der Waals surface area (Å²) in [6.07, 6.45) is 0. The Morgan fingerprint density at radius 2 is 1.75 bits per heavy atom. The third kappa shape index (κ3) is 0.492. The average molecular weight is 150 g/mol. The highest BCUT2D eigenvalue weighted by Crippen LogP contribution is 2.48. The van der Waals surface area contributed by atoms with Crippen LogP contribution in [0.2, 0.25) is 0 Å². The molecule has 0 saturated carbocycles. The zero-order chi connectivity index (χ0) is 5.78. The van der Waals surface area contributed by atoms with Crippen LogP contribution in [0.15, 0.2) is 0 Å². The Hall–Kier alpha value is 0.620. The van der Waals surface area contributed by atoms with Gasteiger partial charge in [-0.15, -0.1) is 0 Å². The van der Waals surface area contributed by atoms with E-state index in [4.69, 9.17) is 4.74 Å². The fraction of sp³-hybridized carbons (Fsp3) is 1.00. The summed E-state index contributed by atoms with van der Waals surface area (Å²) in [5.74, 6) is 0. The second-order valence-corrected chi connectivity index (χ2v) is 4.01. The van der Waals surface area contributed by atoms with Crippen LogP contribution in [0.4, 0.5) is 0 Å². The van der Waals surface area contributed by atoms with Crippen molar-refractivity contribution in [1.82, 2.24) is 0 Å². The molecule has 0 aliphatic carbocycles. The molecule has 2 aliphatic rings. The molecule has 2 saturated heterocycles. The predicted octanol–water partition coefficient (Wildman–Crippen LogP) is 0.274. The molecule has 2 aliphatic heterocycles. The van der Waals surface area contributed by atoms with E-state index in [1.807, 2.05) is 0 Å². The molecule has 0 amide bonds. The SMILES string of the molecule is S[N+]1(S)C2COCC21. The summed E-state index contributed by atoms with van der Waals surface area (Å²) in [6.45, 7) is 1.69. The van der Waals surface area contributed by atoms with Crippen molar-refractivity contribution in [2.75, 3.05) is 13.2 Å². The van der Waals surface area contributed by atoms with Crippen molar-refractivity contribution in [3.63, 3.8) is 0 Å². The number of rotatable bonds is 0. The molecule has 0 radical (unpaired) electrons. The number of hydrogen-bond donors (Lipinski definition) is 2. The molecule has 8 heavy (non-hydrogen) atoms. The fourth-order valence-electron chi connectivity index (χ4n) is 1.20. The van der Waals surface area contributed by atoms with Crippen molar-refractivity contribution in [2.24, 2.45) is 0 Å². The highest BCUT2D eigenvalue weighted by Gasteiger charge is 2.68. The largest absolute Gasteiger partial charge is 0.368 e. The molecule has 0 N–H and O–H groups in total. The minimum Gasteiger partial charge on any atom is -0.368 e. The fourth-order valence-corrected chi connectivity index (χ4v) is 1.96. The Kier molecular flexibility index (Phi) is 0.925. The quantitative estimate of drug-likeness (QED) is 0.286. The van der Waals surface area contributed by atoms with Crippen LogP contribution in [0.1, 0.15) is 0 Å². The van der Waals surface area contributed by atoms with Crippen LogP contribution in [0.3, 0.4) is 0 Å². The van der Waals surface area contributed by atoms with E-state index >= 15 is 0 Å². The molecule has 0 aromatic heterocycles. The second-order valence-electron chi connectivity index (χ2n) is 2.37. The average Bonchev–Trinajstić information content (AvgIpc) is 2.22. The predicted molar refractivity (Wildman–Crippen MR) is 36.6 cm³/mol. The van der Waals surface area contributed by atoms with Crippen LogP contribution in [0.25, 0.3) is 0 Å². The Morgan fingerprint density at radius 1 is 1.25 bits per heavy atom. The molecule has 4 heteroatoms. The third-order valence-corrected chi connectivity index (χ3v) is 3.09. The monoisotopic (exact) mass is 150 g/mol. The van der Waals surface area contributed by atoms with E-state index in [9.17, 15) is 0 Å². The molecule has 0 spiro atoms. The first kappa shape index (κ1) is 5.41. The number of nitrogens with zero attached hydrogens (tertiary/aromatic N) is 1. The highest BCUT2D eigenvalue weighted by atomic mass is 32.2. The molecule has 2 unspecified atom stereocenters. The molecule has 0 aromatic carbocycles. The van der Waals surface area contributed by atoms with Gasteiger partial charge in [-0.05, 0) is 0 Å². The molecule has 2 atom stereocenters. The minimum absolute atomic E-state index is 0.571. The maximum atomic E-state index is 5.13. The van der Waals surface area contributed by atoms with Crippen LogP contribution in [-0.2, 0) is 4.74 Å². The van der Waals surface area contributed by atoms with E-state index in [-0.39, 0.29) is 0 Å². The third-order valence-electron chi connectivity index (χ3n) is 1.91. The van der Waals surface area contributed by atoms with Gasteiger partial charge in [-0.1, -0.05) is 0 Å². The van der Waals surface area contributed by atoms with Gasteiger partial charge in [0.2, 0.25) is 0 Å². The summed E-state index contributed by atoms with van der Waals surface area (Å²) in [7, 11) is 0. The summed E-state index contributed by atoms with van der Waals surface area (Å²) in [5.41, 5.74) is 0. The first-order valence-corrected chi connectivity index (χ1v) is 3.44. The van der Waals surface area contributed by atoms with E-state index < -0.39 is 0 Å². The Morgan fingerprint density at radius 3 is 2.00 bits per heavy atom. The molecular weight excluding hydrogens is 142 g/mol. The van der Waals surface area contributed by atoms with Crippen LogP contribution in [0.5, 0.6) is 0 Å². The summed E-state index contributed by atoms with van der Waals surface area (Å²) in [6, 6.07) is 1.14. The van der Waals surface area contributed by atoms with Crippen molar-refractivity contribution < 1.29 is 8.03 Å². The number of fused-ring (bicyclic) bond motifs is 1. The molecule has 2 heterocycles.